The minimum absolute atomic E-state index is 0.298. The highest BCUT2D eigenvalue weighted by molar-refractivity contribution is 5.89. The third kappa shape index (κ3) is 2.37. The summed E-state index contributed by atoms with van der Waals surface area (Å²) in [6.45, 7) is 0.908. The molecule has 2 aromatic rings. The van der Waals surface area contributed by atoms with E-state index in [4.69, 9.17) is 4.74 Å². The lowest BCUT2D eigenvalue weighted by Gasteiger charge is -2.10. The Morgan fingerprint density at radius 3 is 2.90 bits per heavy atom. The smallest absolute Gasteiger partial charge is 0.337 e. The van der Waals surface area contributed by atoms with Crippen molar-refractivity contribution >= 4 is 11.8 Å². The van der Waals surface area contributed by atoms with E-state index in [1.165, 1.54) is 18.2 Å². The molecule has 4 nitrogen and oxygen atoms in total. The number of nitrogens with zero attached hydrogens (tertiary/aromatic N) is 1. The number of carbonyl (C=O) groups excluding carboxylic acids is 1. The van der Waals surface area contributed by atoms with Gasteiger partial charge in [0.05, 0.1) is 12.7 Å². The molecule has 20 heavy (non-hydrogen) atoms. The number of esters is 1. The van der Waals surface area contributed by atoms with Gasteiger partial charge in [-0.05, 0) is 35.7 Å². The molecule has 3 rings (SSSR count). The summed E-state index contributed by atoms with van der Waals surface area (Å²) < 4.78 is 4.70. The van der Waals surface area contributed by atoms with Crippen LogP contribution in [0.3, 0.4) is 0 Å². The fourth-order valence-electron chi connectivity index (χ4n) is 2.59. The first-order valence-electron chi connectivity index (χ1n) is 6.64. The van der Waals surface area contributed by atoms with Gasteiger partial charge in [-0.25, -0.2) is 9.78 Å². The van der Waals surface area contributed by atoms with Gasteiger partial charge in [0.15, 0.2) is 0 Å². The van der Waals surface area contributed by atoms with Gasteiger partial charge in [0.25, 0.3) is 0 Å². The molecule has 0 bridgehead atoms. The number of rotatable bonds is 3. The molecule has 0 saturated heterocycles. The third-order valence-electron chi connectivity index (χ3n) is 3.65. The molecule has 0 saturated carbocycles. The van der Waals surface area contributed by atoms with E-state index in [0.29, 0.717) is 11.5 Å². The molecule has 0 aliphatic carbocycles. The average Bonchev–Trinajstić information content (AvgIpc) is 2.91. The average molecular weight is 268 g/mol. The highest BCUT2D eigenvalue weighted by atomic mass is 16.5. The summed E-state index contributed by atoms with van der Waals surface area (Å²) in [5, 5.41) is 3.32. The van der Waals surface area contributed by atoms with Crippen molar-refractivity contribution in [2.75, 3.05) is 19.0 Å². The number of anilines is 1. The number of nitrogens with one attached hydrogen (secondary N) is 1. The van der Waals surface area contributed by atoms with Gasteiger partial charge in [-0.1, -0.05) is 18.2 Å². The lowest BCUT2D eigenvalue weighted by molar-refractivity contribution is 0.0600. The van der Waals surface area contributed by atoms with Crippen molar-refractivity contribution in [2.45, 2.75) is 12.3 Å². The number of carbonyl (C=O) groups is 1. The third-order valence-corrected chi connectivity index (χ3v) is 3.65. The molecule has 0 spiro atoms. The number of hydrogen-bond donors (Lipinski definition) is 1. The maximum atomic E-state index is 11.4. The number of hydrogen-bond acceptors (Lipinski definition) is 4. The van der Waals surface area contributed by atoms with E-state index in [-0.39, 0.29) is 5.97 Å². The number of benzene rings is 1. The van der Waals surface area contributed by atoms with Gasteiger partial charge in [-0.2, -0.15) is 0 Å². The Labute approximate surface area is 117 Å². The van der Waals surface area contributed by atoms with Crippen molar-refractivity contribution in [1.29, 1.82) is 0 Å². The lowest BCUT2D eigenvalue weighted by Crippen LogP contribution is -2.06. The highest BCUT2D eigenvalue weighted by Gasteiger charge is 2.22. The summed E-state index contributed by atoms with van der Waals surface area (Å²) in [6.07, 6.45) is 2.74. The van der Waals surface area contributed by atoms with Gasteiger partial charge in [0.1, 0.15) is 5.82 Å². The van der Waals surface area contributed by atoms with E-state index in [9.17, 15) is 4.79 Å². The zero-order valence-electron chi connectivity index (χ0n) is 11.3. The van der Waals surface area contributed by atoms with E-state index < -0.39 is 0 Å². The van der Waals surface area contributed by atoms with Crippen LogP contribution in [0.15, 0.2) is 42.6 Å². The molecule has 1 aromatic carbocycles. The van der Waals surface area contributed by atoms with Gasteiger partial charge in [-0.15, -0.1) is 0 Å². The van der Waals surface area contributed by atoms with Gasteiger partial charge < -0.3 is 10.1 Å². The molecule has 1 atom stereocenters. The summed E-state index contributed by atoms with van der Waals surface area (Å²) >= 11 is 0. The number of ether oxygens (including phenoxy) is 1. The van der Waals surface area contributed by atoms with E-state index in [1.54, 1.807) is 6.20 Å². The topological polar surface area (TPSA) is 51.2 Å². The zero-order chi connectivity index (χ0) is 13.9. The first-order chi connectivity index (χ1) is 9.78. The molecule has 0 amide bonds. The first-order valence-corrected chi connectivity index (χ1v) is 6.64. The minimum atomic E-state index is -0.298. The molecular weight excluding hydrogens is 252 g/mol. The summed E-state index contributed by atoms with van der Waals surface area (Å²) in [4.78, 5) is 15.7. The molecule has 1 N–H and O–H groups in total. The quantitative estimate of drug-likeness (QED) is 0.869. The van der Waals surface area contributed by atoms with Gasteiger partial charge in [0.2, 0.25) is 0 Å². The maximum Gasteiger partial charge on any atom is 0.337 e. The standard InChI is InChI=1S/C16H16N2O2/c1-20-16(19)12-6-4-11(5-7-12)9-13-10-18-15-14(13)3-2-8-17-15/h2-8,13H,9-10H2,1H3,(H,17,18). The monoisotopic (exact) mass is 268 g/mol. The van der Waals surface area contributed by atoms with Gasteiger partial charge >= 0.3 is 5.97 Å². The zero-order valence-corrected chi connectivity index (χ0v) is 11.3. The fraction of sp³-hybridized carbons (Fsp3) is 0.250. The molecule has 1 unspecified atom stereocenters. The van der Waals surface area contributed by atoms with Crippen LogP contribution in [0, 0.1) is 0 Å². The van der Waals surface area contributed by atoms with Gasteiger partial charge in [0, 0.05) is 18.7 Å². The summed E-state index contributed by atoms with van der Waals surface area (Å²) in [5.41, 5.74) is 3.06. The van der Waals surface area contributed by atoms with Crippen molar-refractivity contribution in [1.82, 2.24) is 4.98 Å². The molecule has 0 radical (unpaired) electrons. The lowest BCUT2D eigenvalue weighted by atomic mass is 9.94. The second-order valence-corrected chi connectivity index (χ2v) is 4.91. The largest absolute Gasteiger partial charge is 0.465 e. The van der Waals surface area contributed by atoms with Crippen LogP contribution in [0.25, 0.3) is 0 Å². The molecule has 102 valence electrons. The summed E-state index contributed by atoms with van der Waals surface area (Å²) in [5.74, 6) is 1.12. The van der Waals surface area contributed by atoms with Crippen molar-refractivity contribution in [3.05, 3.63) is 59.3 Å². The summed E-state index contributed by atoms with van der Waals surface area (Å²) in [6, 6.07) is 11.7. The van der Waals surface area contributed by atoms with Crippen LogP contribution < -0.4 is 5.32 Å². The van der Waals surface area contributed by atoms with Crippen LogP contribution in [-0.4, -0.2) is 24.6 Å². The molecule has 1 aliphatic heterocycles. The number of methoxy groups -OCH3 is 1. The molecule has 1 aliphatic rings. The number of fused-ring (bicyclic) bond motifs is 1. The maximum absolute atomic E-state index is 11.4. The Balaban J connectivity index is 1.75. The predicted octanol–water partition coefficient (Wildman–Crippen LogP) is 2.62. The van der Waals surface area contributed by atoms with Crippen LogP contribution >= 0.6 is 0 Å². The first kappa shape index (κ1) is 12.7. The minimum Gasteiger partial charge on any atom is -0.465 e. The molecule has 1 aromatic heterocycles. The van der Waals surface area contributed by atoms with Gasteiger partial charge in [-0.3, -0.25) is 0 Å². The SMILES string of the molecule is COC(=O)c1ccc(CC2CNc3ncccc32)cc1. The van der Waals surface area contributed by atoms with Crippen molar-refractivity contribution < 1.29 is 9.53 Å². The van der Waals surface area contributed by atoms with Crippen molar-refractivity contribution in [3.8, 4) is 0 Å². The van der Waals surface area contributed by atoms with Crippen LogP contribution in [-0.2, 0) is 11.2 Å². The molecular formula is C16H16N2O2. The fourth-order valence-corrected chi connectivity index (χ4v) is 2.59. The highest BCUT2D eigenvalue weighted by Crippen LogP contribution is 2.31. The van der Waals surface area contributed by atoms with E-state index >= 15 is 0 Å². The second kappa shape index (κ2) is 5.33. The molecule has 0 fully saturated rings. The Morgan fingerprint density at radius 1 is 1.35 bits per heavy atom. The van der Waals surface area contributed by atoms with E-state index in [1.807, 2.05) is 30.3 Å². The normalized spacial score (nSPS) is 16.4. The summed E-state index contributed by atoms with van der Waals surface area (Å²) in [7, 11) is 1.39. The molecule has 2 heterocycles. The van der Waals surface area contributed by atoms with Crippen LogP contribution in [0.1, 0.15) is 27.4 Å². The van der Waals surface area contributed by atoms with Crippen molar-refractivity contribution in [3.63, 3.8) is 0 Å². The molecule has 4 heteroatoms. The van der Waals surface area contributed by atoms with E-state index in [0.717, 1.165) is 18.8 Å². The predicted molar refractivity (Wildman–Crippen MR) is 77.0 cm³/mol. The Hall–Kier alpha value is -2.36. The number of pyridine rings is 1. The van der Waals surface area contributed by atoms with Crippen LogP contribution in [0.2, 0.25) is 0 Å². The second-order valence-electron chi connectivity index (χ2n) is 4.91. The Kier molecular flexibility index (Phi) is 3.37. The number of aromatic nitrogens is 1. The van der Waals surface area contributed by atoms with E-state index in [2.05, 4.69) is 16.4 Å². The van der Waals surface area contributed by atoms with Crippen molar-refractivity contribution in [2.24, 2.45) is 0 Å². The van der Waals surface area contributed by atoms with Crippen LogP contribution in [0.5, 0.6) is 0 Å². The Morgan fingerprint density at radius 2 is 2.15 bits per heavy atom. The Bertz CT molecular complexity index is 623. The van der Waals surface area contributed by atoms with Crippen LogP contribution in [0.4, 0.5) is 5.82 Å².